The van der Waals surface area contributed by atoms with Gasteiger partial charge in [0.05, 0.1) is 12.2 Å². The number of para-hydroxylation sites is 1. The van der Waals surface area contributed by atoms with Gasteiger partial charge in [0.25, 0.3) is 0 Å². The van der Waals surface area contributed by atoms with E-state index in [2.05, 4.69) is 52.6 Å². The van der Waals surface area contributed by atoms with Crippen molar-refractivity contribution in [3.63, 3.8) is 0 Å². The van der Waals surface area contributed by atoms with E-state index in [0.717, 1.165) is 19.6 Å². The number of hydrogen-bond donors (Lipinski definition) is 1. The van der Waals surface area contributed by atoms with Crippen LogP contribution in [0.1, 0.15) is 31.0 Å². The third kappa shape index (κ3) is 3.45. The second kappa shape index (κ2) is 6.76. The van der Waals surface area contributed by atoms with Gasteiger partial charge in [-0.2, -0.15) is 5.10 Å². The van der Waals surface area contributed by atoms with Crippen molar-refractivity contribution in [2.24, 2.45) is 0 Å². The summed E-state index contributed by atoms with van der Waals surface area (Å²) in [5.41, 5.74) is 3.86. The van der Waals surface area contributed by atoms with E-state index >= 15 is 0 Å². The molecule has 2 aromatic rings. The standard InChI is InChI=1S/C17H24N4/c1-2-21-16(9-10-19-21)13-18-17-8-4-3-7-15(17)14-20-11-5-6-12-20/h3-4,7-10,18H,2,5-6,11-14H2,1H3. The predicted molar refractivity (Wildman–Crippen MR) is 86.2 cm³/mol. The summed E-state index contributed by atoms with van der Waals surface area (Å²) in [5.74, 6) is 0. The lowest BCUT2D eigenvalue weighted by molar-refractivity contribution is 0.332. The normalized spacial score (nSPS) is 15.5. The summed E-state index contributed by atoms with van der Waals surface area (Å²) in [4.78, 5) is 2.54. The molecule has 0 amide bonds. The van der Waals surface area contributed by atoms with Gasteiger partial charge in [-0.25, -0.2) is 0 Å². The van der Waals surface area contributed by atoms with E-state index in [-0.39, 0.29) is 0 Å². The van der Waals surface area contributed by atoms with Crippen LogP contribution in [0.5, 0.6) is 0 Å². The number of nitrogens with one attached hydrogen (secondary N) is 1. The Morgan fingerprint density at radius 1 is 1.14 bits per heavy atom. The Kier molecular flexibility index (Phi) is 4.55. The molecule has 0 saturated carbocycles. The zero-order valence-electron chi connectivity index (χ0n) is 12.8. The summed E-state index contributed by atoms with van der Waals surface area (Å²) in [6.07, 6.45) is 4.55. The lowest BCUT2D eigenvalue weighted by Gasteiger charge is -2.18. The topological polar surface area (TPSA) is 33.1 Å². The first-order valence-corrected chi connectivity index (χ1v) is 7.91. The fourth-order valence-corrected chi connectivity index (χ4v) is 2.99. The van der Waals surface area contributed by atoms with Gasteiger partial charge in [-0.05, 0) is 50.6 Å². The summed E-state index contributed by atoms with van der Waals surface area (Å²) in [6, 6.07) is 10.7. The van der Waals surface area contributed by atoms with Gasteiger partial charge in [0, 0.05) is 25.0 Å². The number of aromatic nitrogens is 2. The Morgan fingerprint density at radius 3 is 2.76 bits per heavy atom. The molecule has 1 aromatic heterocycles. The van der Waals surface area contributed by atoms with Crippen LogP contribution in [0.2, 0.25) is 0 Å². The van der Waals surface area contributed by atoms with E-state index in [1.54, 1.807) is 0 Å². The highest BCUT2D eigenvalue weighted by Gasteiger charge is 2.13. The van der Waals surface area contributed by atoms with Crippen molar-refractivity contribution in [3.8, 4) is 0 Å². The fraction of sp³-hybridized carbons (Fsp3) is 0.471. The van der Waals surface area contributed by atoms with Crippen LogP contribution in [-0.2, 0) is 19.6 Å². The van der Waals surface area contributed by atoms with Crippen LogP contribution >= 0.6 is 0 Å². The molecule has 1 aromatic carbocycles. The van der Waals surface area contributed by atoms with E-state index in [9.17, 15) is 0 Å². The van der Waals surface area contributed by atoms with Gasteiger partial charge in [0.2, 0.25) is 0 Å². The zero-order chi connectivity index (χ0) is 14.5. The van der Waals surface area contributed by atoms with Crippen molar-refractivity contribution >= 4 is 5.69 Å². The molecule has 1 aliphatic rings. The molecular formula is C17H24N4. The minimum absolute atomic E-state index is 0.824. The Bertz CT molecular complexity index is 570. The number of aryl methyl sites for hydroxylation is 1. The van der Waals surface area contributed by atoms with Crippen molar-refractivity contribution in [2.75, 3.05) is 18.4 Å². The largest absolute Gasteiger partial charge is 0.379 e. The van der Waals surface area contributed by atoms with E-state index in [1.165, 1.54) is 42.9 Å². The molecule has 0 aliphatic carbocycles. The highest BCUT2D eigenvalue weighted by Crippen LogP contribution is 2.20. The Labute approximate surface area is 126 Å². The maximum Gasteiger partial charge on any atom is 0.0575 e. The van der Waals surface area contributed by atoms with Gasteiger partial charge in [-0.15, -0.1) is 0 Å². The van der Waals surface area contributed by atoms with Crippen LogP contribution in [0.15, 0.2) is 36.5 Å². The third-order valence-corrected chi connectivity index (χ3v) is 4.17. The van der Waals surface area contributed by atoms with Crippen LogP contribution in [0.25, 0.3) is 0 Å². The highest BCUT2D eigenvalue weighted by molar-refractivity contribution is 5.51. The molecule has 1 fully saturated rings. The summed E-state index contributed by atoms with van der Waals surface area (Å²) in [6.45, 7) is 7.38. The SMILES string of the molecule is CCn1nccc1CNc1ccccc1CN1CCCC1. The van der Waals surface area contributed by atoms with Crippen LogP contribution in [0.3, 0.4) is 0 Å². The smallest absolute Gasteiger partial charge is 0.0575 e. The van der Waals surface area contributed by atoms with E-state index < -0.39 is 0 Å². The first kappa shape index (κ1) is 14.1. The number of anilines is 1. The van der Waals surface area contributed by atoms with Crippen LogP contribution < -0.4 is 5.32 Å². The quantitative estimate of drug-likeness (QED) is 0.885. The molecule has 4 heteroatoms. The van der Waals surface area contributed by atoms with E-state index in [4.69, 9.17) is 0 Å². The zero-order valence-corrected chi connectivity index (χ0v) is 12.8. The van der Waals surface area contributed by atoms with Crippen molar-refractivity contribution < 1.29 is 0 Å². The minimum Gasteiger partial charge on any atom is -0.379 e. The lowest BCUT2D eigenvalue weighted by Crippen LogP contribution is -2.19. The van der Waals surface area contributed by atoms with Crippen LogP contribution in [-0.4, -0.2) is 27.8 Å². The molecule has 4 nitrogen and oxygen atoms in total. The molecule has 112 valence electrons. The molecule has 3 rings (SSSR count). The molecule has 0 spiro atoms. The van der Waals surface area contributed by atoms with Crippen molar-refractivity contribution in [1.82, 2.24) is 14.7 Å². The summed E-state index contributed by atoms with van der Waals surface area (Å²) >= 11 is 0. The molecule has 0 unspecified atom stereocenters. The first-order chi connectivity index (χ1) is 10.4. The van der Waals surface area contributed by atoms with Crippen molar-refractivity contribution in [2.45, 2.75) is 39.4 Å². The fourth-order valence-electron chi connectivity index (χ4n) is 2.99. The maximum atomic E-state index is 4.32. The predicted octanol–water partition coefficient (Wildman–Crippen LogP) is 3.11. The molecule has 21 heavy (non-hydrogen) atoms. The molecule has 0 bridgehead atoms. The van der Waals surface area contributed by atoms with Crippen LogP contribution in [0.4, 0.5) is 5.69 Å². The number of benzene rings is 1. The van der Waals surface area contributed by atoms with Gasteiger partial charge in [-0.1, -0.05) is 18.2 Å². The van der Waals surface area contributed by atoms with Gasteiger partial charge in [0.15, 0.2) is 0 Å². The number of hydrogen-bond acceptors (Lipinski definition) is 3. The highest BCUT2D eigenvalue weighted by atomic mass is 15.3. The maximum absolute atomic E-state index is 4.32. The molecule has 1 aliphatic heterocycles. The van der Waals surface area contributed by atoms with Crippen molar-refractivity contribution in [1.29, 1.82) is 0 Å². The monoisotopic (exact) mass is 284 g/mol. The molecule has 1 saturated heterocycles. The Balaban J connectivity index is 1.67. The molecule has 2 heterocycles. The first-order valence-electron chi connectivity index (χ1n) is 7.91. The third-order valence-electron chi connectivity index (χ3n) is 4.17. The number of rotatable bonds is 6. The summed E-state index contributed by atoms with van der Waals surface area (Å²) in [5, 5.41) is 7.90. The van der Waals surface area contributed by atoms with E-state index in [1.807, 2.05) is 10.9 Å². The van der Waals surface area contributed by atoms with Crippen LogP contribution in [0, 0.1) is 0 Å². The summed E-state index contributed by atoms with van der Waals surface area (Å²) < 4.78 is 2.04. The molecule has 0 atom stereocenters. The van der Waals surface area contributed by atoms with Gasteiger partial charge >= 0.3 is 0 Å². The lowest BCUT2D eigenvalue weighted by atomic mass is 10.1. The van der Waals surface area contributed by atoms with Gasteiger partial charge in [0.1, 0.15) is 0 Å². The average molecular weight is 284 g/mol. The second-order valence-corrected chi connectivity index (χ2v) is 5.63. The molecule has 0 radical (unpaired) electrons. The van der Waals surface area contributed by atoms with Crippen molar-refractivity contribution in [3.05, 3.63) is 47.8 Å². The minimum atomic E-state index is 0.824. The van der Waals surface area contributed by atoms with Gasteiger partial charge in [-0.3, -0.25) is 9.58 Å². The molecule has 1 N–H and O–H groups in total. The average Bonchev–Trinajstić information content (AvgIpc) is 3.17. The second-order valence-electron chi connectivity index (χ2n) is 5.63. The summed E-state index contributed by atoms with van der Waals surface area (Å²) in [7, 11) is 0. The van der Waals surface area contributed by atoms with Gasteiger partial charge < -0.3 is 5.32 Å². The number of nitrogens with zero attached hydrogens (tertiary/aromatic N) is 3. The Morgan fingerprint density at radius 2 is 1.95 bits per heavy atom. The Hall–Kier alpha value is -1.81. The number of likely N-dealkylation sites (tertiary alicyclic amines) is 1. The van der Waals surface area contributed by atoms with E-state index in [0.29, 0.717) is 0 Å². The molecular weight excluding hydrogens is 260 g/mol.